The van der Waals surface area contributed by atoms with Crippen LogP contribution in [0.5, 0.6) is 5.75 Å². The molecule has 0 aliphatic heterocycles. The average Bonchev–Trinajstić information content (AvgIpc) is 2.47. The molecule has 0 aliphatic carbocycles. The molecule has 0 heterocycles. The van der Waals surface area contributed by atoms with Crippen LogP contribution in [0.3, 0.4) is 0 Å². The fourth-order valence-corrected chi connectivity index (χ4v) is 2.86. The zero-order valence-corrected chi connectivity index (χ0v) is 11.5. The lowest BCUT2D eigenvalue weighted by atomic mass is 10.2. The first-order chi connectivity index (χ1) is 9.45. The summed E-state index contributed by atoms with van der Waals surface area (Å²) in [5.74, 6) is 0.00461. The number of benzene rings is 2. The number of sulfonamides is 1. The Hall–Kier alpha value is -2.52. The lowest BCUT2D eigenvalue weighted by molar-refractivity contribution is 0.475. The first kappa shape index (κ1) is 13.9. The molecule has 0 radical (unpaired) electrons. The van der Waals surface area contributed by atoms with E-state index >= 15 is 0 Å². The maximum atomic E-state index is 12.4. The van der Waals surface area contributed by atoms with Gasteiger partial charge in [-0.3, -0.25) is 4.31 Å². The summed E-state index contributed by atoms with van der Waals surface area (Å²) in [6, 6.07) is 13.5. The molecule has 0 fully saturated rings. The van der Waals surface area contributed by atoms with Crippen LogP contribution >= 0.6 is 0 Å². The summed E-state index contributed by atoms with van der Waals surface area (Å²) < 4.78 is 25.9. The minimum absolute atomic E-state index is 0.00461. The van der Waals surface area contributed by atoms with E-state index < -0.39 is 10.0 Å². The molecule has 0 amide bonds. The molecule has 1 N–H and O–H groups in total. The van der Waals surface area contributed by atoms with E-state index in [-0.39, 0.29) is 10.6 Å². The normalized spacial score (nSPS) is 10.8. The highest BCUT2D eigenvalue weighted by Crippen LogP contribution is 2.23. The second-order valence-corrected chi connectivity index (χ2v) is 6.09. The average molecular weight is 288 g/mol. The quantitative estimate of drug-likeness (QED) is 0.937. The monoisotopic (exact) mass is 288 g/mol. The zero-order chi connectivity index (χ0) is 14.8. The Kier molecular flexibility index (Phi) is 3.63. The first-order valence-electron chi connectivity index (χ1n) is 5.73. The third-order valence-electron chi connectivity index (χ3n) is 2.86. The molecule has 102 valence electrons. The highest BCUT2D eigenvalue weighted by Gasteiger charge is 2.21. The molecule has 0 saturated heterocycles. The topological polar surface area (TPSA) is 81.4 Å². The van der Waals surface area contributed by atoms with Gasteiger partial charge in [0.1, 0.15) is 5.75 Å². The van der Waals surface area contributed by atoms with E-state index in [9.17, 15) is 13.5 Å². The van der Waals surface area contributed by atoms with Gasteiger partial charge in [0.2, 0.25) is 0 Å². The van der Waals surface area contributed by atoms with Crippen LogP contribution < -0.4 is 4.31 Å². The van der Waals surface area contributed by atoms with Gasteiger partial charge in [-0.1, -0.05) is 0 Å². The van der Waals surface area contributed by atoms with Gasteiger partial charge < -0.3 is 5.11 Å². The fourth-order valence-electron chi connectivity index (χ4n) is 1.66. The van der Waals surface area contributed by atoms with Crippen LogP contribution in [-0.4, -0.2) is 20.6 Å². The van der Waals surface area contributed by atoms with Crippen LogP contribution in [0, 0.1) is 11.3 Å². The third kappa shape index (κ3) is 2.58. The number of aromatic hydroxyl groups is 1. The van der Waals surface area contributed by atoms with Crippen molar-refractivity contribution in [2.24, 2.45) is 0 Å². The van der Waals surface area contributed by atoms with Gasteiger partial charge in [0, 0.05) is 7.05 Å². The van der Waals surface area contributed by atoms with Gasteiger partial charge in [-0.05, 0) is 48.5 Å². The second kappa shape index (κ2) is 5.23. The second-order valence-electron chi connectivity index (χ2n) is 4.13. The third-order valence-corrected chi connectivity index (χ3v) is 4.65. The maximum absolute atomic E-state index is 12.4. The summed E-state index contributed by atoms with van der Waals surface area (Å²) in [6.07, 6.45) is 0. The van der Waals surface area contributed by atoms with Crippen LogP contribution in [0.25, 0.3) is 0 Å². The van der Waals surface area contributed by atoms with Crippen LogP contribution in [0.1, 0.15) is 5.56 Å². The Morgan fingerprint density at radius 3 is 2.10 bits per heavy atom. The molecule has 0 spiro atoms. The molecule has 0 bridgehead atoms. The summed E-state index contributed by atoms with van der Waals surface area (Å²) in [4.78, 5) is 0.0853. The smallest absolute Gasteiger partial charge is 0.264 e. The summed E-state index contributed by atoms with van der Waals surface area (Å²) in [7, 11) is -2.25. The van der Waals surface area contributed by atoms with Gasteiger partial charge in [0.15, 0.2) is 0 Å². The van der Waals surface area contributed by atoms with Crippen molar-refractivity contribution >= 4 is 15.7 Å². The Morgan fingerprint density at radius 2 is 1.60 bits per heavy atom. The summed E-state index contributed by atoms with van der Waals surface area (Å²) in [5, 5.41) is 17.9. The lowest BCUT2D eigenvalue weighted by Crippen LogP contribution is -2.26. The number of nitriles is 1. The molecule has 2 rings (SSSR count). The summed E-state index contributed by atoms with van der Waals surface area (Å²) >= 11 is 0. The number of rotatable bonds is 3. The van der Waals surface area contributed by atoms with Crippen molar-refractivity contribution in [3.05, 3.63) is 54.1 Å². The molecule has 0 aliphatic rings. The Labute approximate surface area is 117 Å². The van der Waals surface area contributed by atoms with Gasteiger partial charge >= 0.3 is 0 Å². The van der Waals surface area contributed by atoms with Crippen molar-refractivity contribution in [1.29, 1.82) is 5.26 Å². The molecule has 0 atom stereocenters. The molecule has 20 heavy (non-hydrogen) atoms. The molecule has 5 nitrogen and oxygen atoms in total. The minimum atomic E-state index is -3.69. The van der Waals surface area contributed by atoms with Gasteiger partial charge in [0.25, 0.3) is 10.0 Å². The van der Waals surface area contributed by atoms with Crippen LogP contribution in [0.4, 0.5) is 5.69 Å². The number of phenolic OH excluding ortho intramolecular Hbond substituents is 1. The molecule has 0 unspecified atom stereocenters. The zero-order valence-electron chi connectivity index (χ0n) is 10.7. The van der Waals surface area contributed by atoms with E-state index in [2.05, 4.69) is 0 Å². The number of hydrogen-bond acceptors (Lipinski definition) is 4. The highest BCUT2D eigenvalue weighted by molar-refractivity contribution is 7.92. The first-order valence-corrected chi connectivity index (χ1v) is 7.17. The Morgan fingerprint density at radius 1 is 1.05 bits per heavy atom. The van der Waals surface area contributed by atoms with E-state index in [1.807, 2.05) is 6.07 Å². The van der Waals surface area contributed by atoms with Crippen LogP contribution in [-0.2, 0) is 10.0 Å². The number of phenols is 1. The Balaban J connectivity index is 2.38. The fraction of sp³-hybridized carbons (Fsp3) is 0.0714. The van der Waals surface area contributed by atoms with Gasteiger partial charge in [-0.25, -0.2) is 8.42 Å². The molecule has 2 aromatic rings. The SMILES string of the molecule is CN(c1ccc(C#N)cc1)S(=O)(=O)c1ccc(O)cc1. The minimum Gasteiger partial charge on any atom is -0.508 e. The van der Waals surface area contributed by atoms with Gasteiger partial charge in [-0.2, -0.15) is 5.26 Å². The number of anilines is 1. The van der Waals surface area contributed by atoms with Crippen molar-refractivity contribution < 1.29 is 13.5 Å². The molecule has 2 aromatic carbocycles. The van der Waals surface area contributed by atoms with Gasteiger partial charge in [-0.15, -0.1) is 0 Å². The molecular formula is C14H12N2O3S. The van der Waals surface area contributed by atoms with Crippen LogP contribution in [0.15, 0.2) is 53.4 Å². The van der Waals surface area contributed by atoms with E-state index in [0.717, 1.165) is 4.31 Å². The summed E-state index contributed by atoms with van der Waals surface area (Å²) in [6.45, 7) is 0. The molecule has 0 saturated carbocycles. The van der Waals surface area contributed by atoms with Crippen molar-refractivity contribution in [3.63, 3.8) is 0 Å². The molecule has 6 heteroatoms. The Bertz CT molecular complexity index is 745. The van der Waals surface area contributed by atoms with E-state index in [0.29, 0.717) is 11.3 Å². The van der Waals surface area contributed by atoms with Gasteiger partial charge in [0.05, 0.1) is 22.2 Å². The van der Waals surface area contributed by atoms with E-state index in [1.165, 1.54) is 31.3 Å². The molecule has 0 aromatic heterocycles. The van der Waals surface area contributed by atoms with Crippen molar-refractivity contribution in [1.82, 2.24) is 0 Å². The number of nitrogens with zero attached hydrogens (tertiary/aromatic N) is 2. The molecular weight excluding hydrogens is 276 g/mol. The van der Waals surface area contributed by atoms with E-state index in [4.69, 9.17) is 5.26 Å². The highest BCUT2D eigenvalue weighted by atomic mass is 32.2. The van der Waals surface area contributed by atoms with E-state index in [1.54, 1.807) is 24.3 Å². The van der Waals surface area contributed by atoms with Crippen molar-refractivity contribution in [2.45, 2.75) is 4.90 Å². The summed E-state index contributed by atoms with van der Waals surface area (Å²) in [5.41, 5.74) is 0.918. The number of hydrogen-bond donors (Lipinski definition) is 1. The predicted molar refractivity (Wildman–Crippen MR) is 74.9 cm³/mol. The largest absolute Gasteiger partial charge is 0.508 e. The lowest BCUT2D eigenvalue weighted by Gasteiger charge is -2.19. The van der Waals surface area contributed by atoms with Crippen molar-refractivity contribution in [3.8, 4) is 11.8 Å². The van der Waals surface area contributed by atoms with Crippen LogP contribution in [0.2, 0.25) is 0 Å². The standard InChI is InChI=1S/C14H12N2O3S/c1-16(12-4-2-11(10-15)3-5-12)20(18,19)14-8-6-13(17)7-9-14/h2-9,17H,1H3. The predicted octanol–water partition coefficient (Wildman–Crippen LogP) is 2.09. The van der Waals surface area contributed by atoms with Crippen molar-refractivity contribution in [2.75, 3.05) is 11.4 Å². The maximum Gasteiger partial charge on any atom is 0.264 e.